The highest BCUT2D eigenvalue weighted by molar-refractivity contribution is 5.41. The van der Waals surface area contributed by atoms with Crippen molar-refractivity contribution in [3.63, 3.8) is 0 Å². The van der Waals surface area contributed by atoms with Crippen LogP contribution in [0.5, 0.6) is 0 Å². The summed E-state index contributed by atoms with van der Waals surface area (Å²) < 4.78 is 25.8. The summed E-state index contributed by atoms with van der Waals surface area (Å²) in [4.78, 5) is 1.85. The molecule has 1 aliphatic rings. The van der Waals surface area contributed by atoms with Crippen molar-refractivity contribution in [1.82, 2.24) is 4.90 Å². The van der Waals surface area contributed by atoms with E-state index in [9.17, 15) is 8.78 Å². The molecule has 0 radical (unpaired) electrons. The van der Waals surface area contributed by atoms with E-state index in [1.165, 1.54) is 0 Å². The van der Waals surface area contributed by atoms with Gasteiger partial charge < -0.3 is 22.1 Å². The van der Waals surface area contributed by atoms with Gasteiger partial charge in [0, 0.05) is 30.3 Å². The van der Waals surface area contributed by atoms with Gasteiger partial charge >= 0.3 is 0 Å². The summed E-state index contributed by atoms with van der Waals surface area (Å²) >= 11 is 0. The quantitative estimate of drug-likeness (QED) is 0.547. The van der Waals surface area contributed by atoms with Crippen molar-refractivity contribution in [1.29, 1.82) is 0 Å². The predicted molar refractivity (Wildman–Crippen MR) is 85.1 cm³/mol. The summed E-state index contributed by atoms with van der Waals surface area (Å²) in [5.74, 6) is 5.23. The van der Waals surface area contributed by atoms with Crippen molar-refractivity contribution in [2.45, 2.75) is 19.5 Å². The molecule has 6 heteroatoms. The summed E-state index contributed by atoms with van der Waals surface area (Å²) in [6.07, 6.45) is 4.78. The van der Waals surface area contributed by atoms with Gasteiger partial charge in [-0.05, 0) is 32.0 Å². The van der Waals surface area contributed by atoms with Crippen LogP contribution in [0.25, 0.3) is 0 Å². The Morgan fingerprint density at radius 3 is 2.77 bits per heavy atom. The molecular formula is C16H22F2N4. The van der Waals surface area contributed by atoms with E-state index in [1.807, 2.05) is 18.1 Å². The topological polar surface area (TPSA) is 81.3 Å². The van der Waals surface area contributed by atoms with Crippen molar-refractivity contribution in [3.8, 4) is 11.8 Å². The maximum Gasteiger partial charge on any atom is 0.134 e. The molecule has 1 heterocycles. The monoisotopic (exact) mass is 308 g/mol. The molecule has 120 valence electrons. The molecule has 2 unspecified atom stereocenters. The Morgan fingerprint density at radius 1 is 1.50 bits per heavy atom. The fourth-order valence-electron chi connectivity index (χ4n) is 1.99. The molecule has 0 aromatic carbocycles. The second kappa shape index (κ2) is 8.37. The number of allylic oxidation sites excluding steroid dienone is 5. The molecule has 1 rings (SSSR count). The van der Waals surface area contributed by atoms with Gasteiger partial charge in [0.2, 0.25) is 0 Å². The normalized spacial score (nSPS) is 23.8. The highest BCUT2D eigenvalue weighted by Crippen LogP contribution is 2.21. The van der Waals surface area contributed by atoms with Crippen LogP contribution in [0.15, 0.2) is 47.4 Å². The fraction of sp³-hybridized carbons (Fsp3) is 0.375. The van der Waals surface area contributed by atoms with E-state index in [1.54, 1.807) is 6.92 Å². The molecule has 1 aliphatic heterocycles. The van der Waals surface area contributed by atoms with E-state index >= 15 is 0 Å². The third kappa shape index (κ3) is 5.02. The molecular weight excluding hydrogens is 286 g/mol. The summed E-state index contributed by atoms with van der Waals surface area (Å²) in [5.41, 5.74) is 17.8. The van der Waals surface area contributed by atoms with E-state index in [4.69, 9.17) is 17.2 Å². The zero-order valence-corrected chi connectivity index (χ0v) is 12.8. The standard InChI is InChI=1S/C16H22F2N4/c1-11(15(18)6-5-14(20)8-17)3-4-12-7-13(9-19)16(21)22(2)10-12/h5-6,8,10,13,16H,7,9,19-21H2,1-2H3/b6-5-,14-8-,15-11-. The molecule has 0 aliphatic carbocycles. The van der Waals surface area contributed by atoms with Crippen molar-refractivity contribution < 1.29 is 8.78 Å². The van der Waals surface area contributed by atoms with Gasteiger partial charge in [0.25, 0.3) is 0 Å². The largest absolute Gasteiger partial charge is 0.397 e. The van der Waals surface area contributed by atoms with Crippen LogP contribution in [0.1, 0.15) is 13.3 Å². The lowest BCUT2D eigenvalue weighted by molar-refractivity contribution is 0.223. The summed E-state index contributed by atoms with van der Waals surface area (Å²) in [6.45, 7) is 2.01. The minimum atomic E-state index is -0.561. The van der Waals surface area contributed by atoms with Crippen LogP contribution in [0.4, 0.5) is 8.78 Å². The second-order valence-electron chi connectivity index (χ2n) is 5.18. The Hall–Kier alpha value is -2.10. The van der Waals surface area contributed by atoms with Gasteiger partial charge in [-0.3, -0.25) is 0 Å². The maximum absolute atomic E-state index is 13.7. The minimum Gasteiger partial charge on any atom is -0.397 e. The molecule has 0 aromatic heterocycles. The molecule has 2 atom stereocenters. The van der Waals surface area contributed by atoms with E-state index in [0.717, 1.165) is 17.7 Å². The van der Waals surface area contributed by atoms with Crippen LogP contribution >= 0.6 is 0 Å². The summed E-state index contributed by atoms with van der Waals surface area (Å²) in [7, 11) is 1.85. The van der Waals surface area contributed by atoms with Crippen LogP contribution in [0, 0.1) is 17.8 Å². The lowest BCUT2D eigenvalue weighted by atomic mass is 9.93. The average Bonchev–Trinajstić information content (AvgIpc) is 2.52. The van der Waals surface area contributed by atoms with Crippen LogP contribution in [0.2, 0.25) is 0 Å². The maximum atomic E-state index is 13.7. The smallest absolute Gasteiger partial charge is 0.134 e. The van der Waals surface area contributed by atoms with Crippen molar-refractivity contribution in [2.75, 3.05) is 13.6 Å². The zero-order valence-electron chi connectivity index (χ0n) is 12.8. The van der Waals surface area contributed by atoms with Crippen LogP contribution in [0.3, 0.4) is 0 Å². The molecule has 22 heavy (non-hydrogen) atoms. The molecule has 0 spiro atoms. The van der Waals surface area contributed by atoms with E-state index in [0.29, 0.717) is 13.0 Å². The SMILES string of the molecule is C\C(C#CC1=CN(C)C(N)C(CN)C1)=C(F)/C=C\C(N)=C\F. The number of halogens is 2. The molecule has 4 nitrogen and oxygen atoms in total. The molecule has 0 amide bonds. The molecule has 0 aromatic rings. The Bertz CT molecular complexity index is 579. The first kappa shape index (κ1) is 18.0. The van der Waals surface area contributed by atoms with Crippen LogP contribution in [-0.4, -0.2) is 24.7 Å². The molecule has 0 saturated heterocycles. The fourth-order valence-corrected chi connectivity index (χ4v) is 1.99. The van der Waals surface area contributed by atoms with Crippen LogP contribution in [-0.2, 0) is 0 Å². The molecule has 0 saturated carbocycles. The van der Waals surface area contributed by atoms with E-state index < -0.39 is 5.83 Å². The van der Waals surface area contributed by atoms with E-state index in [-0.39, 0.29) is 29.7 Å². The predicted octanol–water partition coefficient (Wildman–Crippen LogP) is 1.64. The van der Waals surface area contributed by atoms with Crippen molar-refractivity contribution in [2.24, 2.45) is 23.1 Å². The van der Waals surface area contributed by atoms with Gasteiger partial charge in [0.1, 0.15) is 12.2 Å². The Morgan fingerprint density at radius 2 is 2.18 bits per heavy atom. The number of nitrogens with zero attached hydrogens (tertiary/aromatic N) is 1. The number of hydrogen-bond acceptors (Lipinski definition) is 4. The highest BCUT2D eigenvalue weighted by atomic mass is 19.1. The average molecular weight is 308 g/mol. The third-order valence-corrected chi connectivity index (χ3v) is 3.41. The zero-order chi connectivity index (χ0) is 16.7. The number of hydrogen-bond donors (Lipinski definition) is 3. The van der Waals surface area contributed by atoms with E-state index in [2.05, 4.69) is 11.8 Å². The van der Waals surface area contributed by atoms with Gasteiger partial charge in [-0.2, -0.15) is 0 Å². The van der Waals surface area contributed by atoms with Gasteiger partial charge in [0.05, 0.1) is 11.9 Å². The third-order valence-electron chi connectivity index (χ3n) is 3.41. The minimum absolute atomic E-state index is 0.114. The Kier molecular flexibility index (Phi) is 6.83. The summed E-state index contributed by atoms with van der Waals surface area (Å²) in [6, 6.07) is 0. The Balaban J connectivity index is 2.89. The molecule has 0 bridgehead atoms. The van der Waals surface area contributed by atoms with Gasteiger partial charge in [0.15, 0.2) is 0 Å². The lowest BCUT2D eigenvalue weighted by Gasteiger charge is -2.34. The highest BCUT2D eigenvalue weighted by Gasteiger charge is 2.24. The molecule has 0 fully saturated rings. The van der Waals surface area contributed by atoms with Crippen LogP contribution < -0.4 is 17.2 Å². The van der Waals surface area contributed by atoms with Gasteiger partial charge in [-0.15, -0.1) is 0 Å². The summed E-state index contributed by atoms with van der Waals surface area (Å²) in [5, 5.41) is 0. The molecule has 6 N–H and O–H groups in total. The van der Waals surface area contributed by atoms with Gasteiger partial charge in [-0.1, -0.05) is 11.8 Å². The first-order chi connectivity index (χ1) is 10.4. The Labute approximate surface area is 130 Å². The van der Waals surface area contributed by atoms with Gasteiger partial charge in [-0.25, -0.2) is 8.78 Å². The second-order valence-corrected chi connectivity index (χ2v) is 5.18. The van der Waals surface area contributed by atoms with Crippen molar-refractivity contribution >= 4 is 0 Å². The number of rotatable bonds is 3. The number of nitrogens with two attached hydrogens (primary N) is 3. The lowest BCUT2D eigenvalue weighted by Crippen LogP contribution is -2.47. The van der Waals surface area contributed by atoms with Crippen molar-refractivity contribution in [3.05, 3.63) is 47.4 Å². The first-order valence-electron chi connectivity index (χ1n) is 6.89. The first-order valence-corrected chi connectivity index (χ1v) is 6.89.